The van der Waals surface area contributed by atoms with Gasteiger partial charge in [0.05, 0.1) is 0 Å². The van der Waals surface area contributed by atoms with Crippen LogP contribution in [0.3, 0.4) is 0 Å². The van der Waals surface area contributed by atoms with Crippen LogP contribution in [0.2, 0.25) is 0 Å². The van der Waals surface area contributed by atoms with Crippen LogP contribution in [0.5, 0.6) is 0 Å². The summed E-state index contributed by atoms with van der Waals surface area (Å²) in [5, 5.41) is 3.72. The molecule has 1 aliphatic carbocycles. The molecule has 2 nitrogen and oxygen atoms in total. The second kappa shape index (κ2) is 5.50. The first-order chi connectivity index (χ1) is 7.74. The summed E-state index contributed by atoms with van der Waals surface area (Å²) in [7, 11) is 0. The lowest BCUT2D eigenvalue weighted by Crippen LogP contribution is -2.61. The van der Waals surface area contributed by atoms with Crippen LogP contribution >= 0.6 is 0 Å². The molecule has 0 aromatic rings. The number of rotatable bonds is 4. The van der Waals surface area contributed by atoms with E-state index in [2.05, 4.69) is 31.0 Å². The molecule has 2 fully saturated rings. The van der Waals surface area contributed by atoms with E-state index in [1.165, 1.54) is 45.2 Å². The van der Waals surface area contributed by atoms with Gasteiger partial charge in [-0.05, 0) is 31.6 Å². The predicted octanol–water partition coefficient (Wildman–Crippen LogP) is 2.64. The molecule has 2 aliphatic rings. The Morgan fingerprint density at radius 3 is 2.56 bits per heavy atom. The second-order valence-electron chi connectivity index (χ2n) is 5.88. The third kappa shape index (κ3) is 2.60. The molecule has 1 aliphatic heterocycles. The first-order valence-electron chi connectivity index (χ1n) is 7.23. The van der Waals surface area contributed by atoms with Crippen LogP contribution in [0.25, 0.3) is 0 Å². The number of hydrogen-bond donors (Lipinski definition) is 1. The summed E-state index contributed by atoms with van der Waals surface area (Å²) in [6.45, 7) is 9.53. The van der Waals surface area contributed by atoms with Crippen LogP contribution in [0.4, 0.5) is 0 Å². The molecular weight excluding hydrogens is 196 g/mol. The van der Waals surface area contributed by atoms with Crippen molar-refractivity contribution in [2.75, 3.05) is 13.1 Å². The van der Waals surface area contributed by atoms with Crippen LogP contribution in [0, 0.1) is 5.92 Å². The number of piperazine rings is 1. The average molecular weight is 224 g/mol. The van der Waals surface area contributed by atoms with Gasteiger partial charge in [-0.25, -0.2) is 0 Å². The van der Waals surface area contributed by atoms with E-state index >= 15 is 0 Å². The fourth-order valence-electron chi connectivity index (χ4n) is 3.39. The second-order valence-corrected chi connectivity index (χ2v) is 5.88. The minimum absolute atomic E-state index is 0.753. The van der Waals surface area contributed by atoms with Crippen molar-refractivity contribution in [3.63, 3.8) is 0 Å². The summed E-state index contributed by atoms with van der Waals surface area (Å²) in [6.07, 6.45) is 6.83. The molecule has 2 heteroatoms. The summed E-state index contributed by atoms with van der Waals surface area (Å²) >= 11 is 0. The summed E-state index contributed by atoms with van der Waals surface area (Å²) in [5.41, 5.74) is 0. The molecular formula is C14H28N2. The van der Waals surface area contributed by atoms with E-state index in [1.807, 2.05) is 0 Å². The molecule has 2 unspecified atom stereocenters. The Labute approximate surface area is 101 Å². The van der Waals surface area contributed by atoms with Crippen LogP contribution in [-0.2, 0) is 0 Å². The molecule has 0 radical (unpaired) electrons. The van der Waals surface area contributed by atoms with E-state index in [1.54, 1.807) is 0 Å². The lowest BCUT2D eigenvalue weighted by atomic mass is 9.79. The summed E-state index contributed by atoms with van der Waals surface area (Å²) in [6, 6.07) is 2.45. The zero-order valence-corrected chi connectivity index (χ0v) is 11.2. The zero-order chi connectivity index (χ0) is 11.5. The lowest BCUT2D eigenvalue weighted by Gasteiger charge is -2.49. The molecule has 0 spiro atoms. The predicted molar refractivity (Wildman–Crippen MR) is 69.7 cm³/mol. The molecule has 0 aromatic heterocycles. The van der Waals surface area contributed by atoms with Crippen LogP contribution in [-0.4, -0.2) is 36.1 Å². The van der Waals surface area contributed by atoms with Gasteiger partial charge in [0, 0.05) is 31.2 Å². The van der Waals surface area contributed by atoms with Gasteiger partial charge >= 0.3 is 0 Å². The third-order valence-electron chi connectivity index (χ3n) is 4.47. The summed E-state index contributed by atoms with van der Waals surface area (Å²) in [5.74, 6) is 0.974. The molecule has 2 rings (SSSR count). The van der Waals surface area contributed by atoms with Gasteiger partial charge in [-0.3, -0.25) is 4.90 Å². The highest BCUT2D eigenvalue weighted by atomic mass is 15.3. The molecule has 16 heavy (non-hydrogen) atoms. The van der Waals surface area contributed by atoms with Crippen LogP contribution < -0.4 is 5.32 Å². The molecule has 94 valence electrons. The highest BCUT2D eigenvalue weighted by Gasteiger charge is 2.37. The molecule has 1 saturated heterocycles. The van der Waals surface area contributed by atoms with Gasteiger partial charge in [0.1, 0.15) is 0 Å². The molecule has 1 N–H and O–H groups in total. The van der Waals surface area contributed by atoms with Gasteiger partial charge in [0.25, 0.3) is 0 Å². The van der Waals surface area contributed by atoms with Crippen molar-refractivity contribution in [3.05, 3.63) is 0 Å². The number of hydrogen-bond acceptors (Lipinski definition) is 2. The molecule has 0 amide bonds. The van der Waals surface area contributed by atoms with Crippen LogP contribution in [0.15, 0.2) is 0 Å². The molecule has 0 bridgehead atoms. The monoisotopic (exact) mass is 224 g/mol. The summed E-state index contributed by atoms with van der Waals surface area (Å²) < 4.78 is 0. The normalized spacial score (nSPS) is 40.7. The Kier molecular flexibility index (Phi) is 4.26. The third-order valence-corrected chi connectivity index (χ3v) is 4.47. The Morgan fingerprint density at radius 2 is 2.00 bits per heavy atom. The summed E-state index contributed by atoms with van der Waals surface area (Å²) in [4.78, 5) is 2.82. The maximum absolute atomic E-state index is 3.72. The molecule has 0 aromatic carbocycles. The molecule has 2 atom stereocenters. The van der Waals surface area contributed by atoms with Gasteiger partial charge in [0.2, 0.25) is 0 Å². The van der Waals surface area contributed by atoms with Gasteiger partial charge in [0.15, 0.2) is 0 Å². The smallest absolute Gasteiger partial charge is 0.0221 e. The lowest BCUT2D eigenvalue weighted by molar-refractivity contribution is 0.0155. The van der Waals surface area contributed by atoms with Crippen molar-refractivity contribution in [2.24, 2.45) is 5.92 Å². The fourth-order valence-corrected chi connectivity index (χ4v) is 3.39. The zero-order valence-electron chi connectivity index (χ0n) is 11.2. The minimum Gasteiger partial charge on any atom is -0.311 e. The number of nitrogens with zero attached hydrogens (tertiary/aromatic N) is 1. The Balaban J connectivity index is 1.89. The first kappa shape index (κ1) is 12.4. The fraction of sp³-hybridized carbons (Fsp3) is 1.00. The van der Waals surface area contributed by atoms with Crippen molar-refractivity contribution in [3.8, 4) is 0 Å². The van der Waals surface area contributed by atoms with Crippen molar-refractivity contribution >= 4 is 0 Å². The SMILES string of the molecule is CCCC1CN(C2CC(C)C2)C(CC)CN1. The Morgan fingerprint density at radius 1 is 1.25 bits per heavy atom. The molecule has 1 saturated carbocycles. The maximum Gasteiger partial charge on any atom is 0.0221 e. The molecule has 1 heterocycles. The standard InChI is InChI=1S/C14H28N2/c1-4-6-12-10-16(13(5-2)9-15-12)14-7-11(3)8-14/h11-15H,4-10H2,1-3H3. The van der Waals surface area contributed by atoms with Crippen molar-refractivity contribution in [2.45, 2.75) is 71.0 Å². The van der Waals surface area contributed by atoms with E-state index < -0.39 is 0 Å². The van der Waals surface area contributed by atoms with E-state index in [0.29, 0.717) is 0 Å². The number of nitrogens with one attached hydrogen (secondary N) is 1. The van der Waals surface area contributed by atoms with E-state index in [-0.39, 0.29) is 0 Å². The first-order valence-corrected chi connectivity index (χ1v) is 7.23. The van der Waals surface area contributed by atoms with Crippen molar-refractivity contribution < 1.29 is 0 Å². The minimum atomic E-state index is 0.753. The Bertz CT molecular complexity index is 211. The highest BCUT2D eigenvalue weighted by Crippen LogP contribution is 2.33. The van der Waals surface area contributed by atoms with E-state index in [9.17, 15) is 0 Å². The van der Waals surface area contributed by atoms with Gasteiger partial charge in [-0.15, -0.1) is 0 Å². The largest absolute Gasteiger partial charge is 0.311 e. The van der Waals surface area contributed by atoms with Crippen molar-refractivity contribution in [1.82, 2.24) is 10.2 Å². The maximum atomic E-state index is 3.72. The van der Waals surface area contributed by atoms with Crippen LogP contribution in [0.1, 0.15) is 52.9 Å². The quantitative estimate of drug-likeness (QED) is 0.790. The van der Waals surface area contributed by atoms with Gasteiger partial charge in [-0.1, -0.05) is 27.2 Å². The van der Waals surface area contributed by atoms with E-state index in [4.69, 9.17) is 0 Å². The van der Waals surface area contributed by atoms with Gasteiger partial charge < -0.3 is 5.32 Å². The van der Waals surface area contributed by atoms with Gasteiger partial charge in [-0.2, -0.15) is 0 Å². The Hall–Kier alpha value is -0.0800. The highest BCUT2D eigenvalue weighted by molar-refractivity contribution is 4.94. The topological polar surface area (TPSA) is 15.3 Å². The van der Waals surface area contributed by atoms with E-state index in [0.717, 1.165) is 24.0 Å². The average Bonchev–Trinajstić information content (AvgIpc) is 2.25. The van der Waals surface area contributed by atoms with Crippen molar-refractivity contribution in [1.29, 1.82) is 0 Å².